The van der Waals surface area contributed by atoms with E-state index in [1.807, 2.05) is 27.7 Å². The molecule has 1 aliphatic rings. The lowest BCUT2D eigenvalue weighted by molar-refractivity contribution is 0.0944. The topological polar surface area (TPSA) is 101 Å². The van der Waals surface area contributed by atoms with Gasteiger partial charge < -0.3 is 15.7 Å². The van der Waals surface area contributed by atoms with Crippen LogP contribution in [0.3, 0.4) is 0 Å². The Morgan fingerprint density at radius 3 is 2.65 bits per heavy atom. The van der Waals surface area contributed by atoms with Crippen LogP contribution in [0.2, 0.25) is 0 Å². The van der Waals surface area contributed by atoms with Crippen molar-refractivity contribution in [3.05, 3.63) is 22.0 Å². The summed E-state index contributed by atoms with van der Waals surface area (Å²) in [6.07, 6.45) is 2.72. The molecule has 3 N–H and O–H groups in total. The van der Waals surface area contributed by atoms with Gasteiger partial charge in [-0.05, 0) is 24.7 Å². The first kappa shape index (κ1) is 18.3. The number of aromatic nitrogens is 3. The lowest BCUT2D eigenvalue weighted by Gasteiger charge is -2.21. The van der Waals surface area contributed by atoms with Crippen LogP contribution in [0.1, 0.15) is 57.3 Å². The van der Waals surface area contributed by atoms with Crippen molar-refractivity contribution in [3.8, 4) is 5.88 Å². The SMILES string of the molecule is CCCNc1cc2n(CC(C)(C)C)c(=O)c(C(=O)NC3CC3)c(O)n2n1. The van der Waals surface area contributed by atoms with Gasteiger partial charge >= 0.3 is 0 Å². The summed E-state index contributed by atoms with van der Waals surface area (Å²) in [5.41, 5.74) is -0.472. The average Bonchev–Trinajstić information content (AvgIpc) is 3.24. The van der Waals surface area contributed by atoms with Gasteiger partial charge in [0.1, 0.15) is 5.65 Å². The van der Waals surface area contributed by atoms with Crippen molar-refractivity contribution in [1.82, 2.24) is 19.5 Å². The number of hydrogen-bond donors (Lipinski definition) is 3. The van der Waals surface area contributed by atoms with Crippen molar-refractivity contribution in [1.29, 1.82) is 0 Å². The van der Waals surface area contributed by atoms with Gasteiger partial charge in [0.05, 0.1) is 0 Å². The van der Waals surface area contributed by atoms with E-state index in [0.717, 1.165) is 25.8 Å². The van der Waals surface area contributed by atoms with Gasteiger partial charge in [-0.3, -0.25) is 14.2 Å². The summed E-state index contributed by atoms with van der Waals surface area (Å²) in [6.45, 7) is 9.20. The summed E-state index contributed by atoms with van der Waals surface area (Å²) >= 11 is 0. The molecule has 1 saturated carbocycles. The van der Waals surface area contributed by atoms with Crippen molar-refractivity contribution in [2.45, 2.75) is 59.5 Å². The predicted octanol–water partition coefficient (Wildman–Crippen LogP) is 1.96. The Bertz CT molecular complexity index is 887. The van der Waals surface area contributed by atoms with Gasteiger partial charge in [-0.1, -0.05) is 27.7 Å². The number of amides is 1. The number of rotatable bonds is 6. The number of carbonyl (C=O) groups is 1. The third kappa shape index (κ3) is 3.68. The van der Waals surface area contributed by atoms with Gasteiger partial charge in [0, 0.05) is 25.2 Å². The molecule has 0 atom stereocenters. The molecule has 1 fully saturated rings. The number of nitrogens with zero attached hydrogens (tertiary/aromatic N) is 3. The predicted molar refractivity (Wildman–Crippen MR) is 99.8 cm³/mol. The molecule has 0 aromatic carbocycles. The summed E-state index contributed by atoms with van der Waals surface area (Å²) in [6, 6.07) is 1.82. The third-order valence-corrected chi connectivity index (χ3v) is 4.18. The van der Waals surface area contributed by atoms with Crippen LogP contribution in [0.15, 0.2) is 10.9 Å². The van der Waals surface area contributed by atoms with Crippen molar-refractivity contribution >= 4 is 17.4 Å². The van der Waals surface area contributed by atoms with Crippen LogP contribution in [0.4, 0.5) is 5.82 Å². The maximum atomic E-state index is 13.0. The van der Waals surface area contributed by atoms with Crippen molar-refractivity contribution in [2.75, 3.05) is 11.9 Å². The van der Waals surface area contributed by atoms with E-state index in [0.29, 0.717) is 18.0 Å². The second-order valence-electron chi connectivity index (χ2n) is 8.12. The highest BCUT2D eigenvalue weighted by molar-refractivity contribution is 5.96. The van der Waals surface area contributed by atoms with Gasteiger partial charge in [0.2, 0.25) is 5.88 Å². The smallest absolute Gasteiger partial charge is 0.270 e. The summed E-state index contributed by atoms with van der Waals surface area (Å²) in [5, 5.41) is 20.9. The van der Waals surface area contributed by atoms with E-state index in [-0.39, 0.29) is 17.0 Å². The molecule has 3 rings (SSSR count). The van der Waals surface area contributed by atoms with Crippen LogP contribution < -0.4 is 16.2 Å². The van der Waals surface area contributed by atoms with Gasteiger partial charge in [0.25, 0.3) is 11.5 Å². The molecular formula is C18H27N5O3. The molecule has 1 amide bonds. The Morgan fingerprint density at radius 1 is 1.38 bits per heavy atom. The quantitative estimate of drug-likeness (QED) is 0.730. The Morgan fingerprint density at radius 2 is 2.08 bits per heavy atom. The highest BCUT2D eigenvalue weighted by Crippen LogP contribution is 2.24. The minimum absolute atomic E-state index is 0.0902. The minimum atomic E-state index is -0.543. The Kier molecular flexibility index (Phi) is 4.68. The van der Waals surface area contributed by atoms with E-state index >= 15 is 0 Å². The van der Waals surface area contributed by atoms with Crippen molar-refractivity contribution < 1.29 is 9.90 Å². The number of fused-ring (bicyclic) bond motifs is 1. The van der Waals surface area contributed by atoms with Gasteiger partial charge in [-0.25, -0.2) is 0 Å². The molecule has 0 bridgehead atoms. The maximum absolute atomic E-state index is 13.0. The summed E-state index contributed by atoms with van der Waals surface area (Å²) in [4.78, 5) is 25.6. The molecule has 2 aromatic rings. The van der Waals surface area contributed by atoms with E-state index < -0.39 is 17.3 Å². The Balaban J connectivity index is 2.16. The van der Waals surface area contributed by atoms with Crippen LogP contribution in [0.25, 0.3) is 5.65 Å². The summed E-state index contributed by atoms with van der Waals surface area (Å²) in [7, 11) is 0. The van der Waals surface area contributed by atoms with Gasteiger partial charge in [-0.15, -0.1) is 5.10 Å². The molecule has 0 saturated heterocycles. The van der Waals surface area contributed by atoms with E-state index in [2.05, 4.69) is 15.7 Å². The van der Waals surface area contributed by atoms with Crippen molar-refractivity contribution in [3.63, 3.8) is 0 Å². The average molecular weight is 361 g/mol. The van der Waals surface area contributed by atoms with Crippen LogP contribution in [0, 0.1) is 5.41 Å². The highest BCUT2D eigenvalue weighted by Gasteiger charge is 2.30. The third-order valence-electron chi connectivity index (χ3n) is 4.18. The van der Waals surface area contributed by atoms with Gasteiger partial charge in [0.15, 0.2) is 11.4 Å². The van der Waals surface area contributed by atoms with E-state index in [9.17, 15) is 14.7 Å². The monoisotopic (exact) mass is 361 g/mol. The first-order chi connectivity index (χ1) is 12.2. The highest BCUT2D eigenvalue weighted by atomic mass is 16.3. The fourth-order valence-electron chi connectivity index (χ4n) is 2.81. The largest absolute Gasteiger partial charge is 0.492 e. The first-order valence-electron chi connectivity index (χ1n) is 9.11. The molecule has 2 heterocycles. The van der Waals surface area contributed by atoms with Gasteiger partial charge in [-0.2, -0.15) is 4.52 Å². The molecule has 142 valence electrons. The molecule has 0 aliphatic heterocycles. The van der Waals surface area contributed by atoms with Crippen LogP contribution in [0.5, 0.6) is 5.88 Å². The number of carbonyl (C=O) groups excluding carboxylic acids is 1. The minimum Gasteiger partial charge on any atom is -0.492 e. The Labute approximate surface area is 152 Å². The van der Waals surface area contributed by atoms with E-state index in [4.69, 9.17) is 0 Å². The Hall–Kier alpha value is -2.51. The van der Waals surface area contributed by atoms with Crippen molar-refractivity contribution in [2.24, 2.45) is 5.41 Å². The zero-order chi connectivity index (χ0) is 19.1. The molecule has 8 nitrogen and oxygen atoms in total. The van der Waals surface area contributed by atoms with E-state index in [1.54, 1.807) is 6.07 Å². The number of hydrogen-bond acceptors (Lipinski definition) is 5. The second-order valence-corrected chi connectivity index (χ2v) is 8.12. The first-order valence-corrected chi connectivity index (χ1v) is 9.11. The number of nitrogens with one attached hydrogen (secondary N) is 2. The lowest BCUT2D eigenvalue weighted by Crippen LogP contribution is -2.37. The molecular weight excluding hydrogens is 334 g/mol. The molecule has 2 aromatic heterocycles. The molecule has 0 spiro atoms. The zero-order valence-electron chi connectivity index (χ0n) is 15.8. The lowest BCUT2D eigenvalue weighted by atomic mass is 9.97. The number of anilines is 1. The van der Waals surface area contributed by atoms with Crippen LogP contribution in [-0.4, -0.2) is 37.8 Å². The molecule has 8 heteroatoms. The number of aromatic hydroxyl groups is 1. The summed E-state index contributed by atoms with van der Waals surface area (Å²) in [5.74, 6) is -0.403. The summed E-state index contributed by atoms with van der Waals surface area (Å²) < 4.78 is 2.79. The second kappa shape index (κ2) is 6.66. The van der Waals surface area contributed by atoms with Crippen LogP contribution in [-0.2, 0) is 6.54 Å². The molecule has 0 unspecified atom stereocenters. The fraction of sp³-hybridized carbons (Fsp3) is 0.611. The molecule has 0 radical (unpaired) electrons. The molecule has 26 heavy (non-hydrogen) atoms. The molecule has 1 aliphatic carbocycles. The van der Waals surface area contributed by atoms with E-state index in [1.165, 1.54) is 9.08 Å². The fourth-order valence-corrected chi connectivity index (χ4v) is 2.81. The zero-order valence-corrected chi connectivity index (χ0v) is 15.8. The standard InChI is InChI=1S/C18H27N5O3/c1-5-8-19-12-9-13-22(10-18(2,3)4)16(25)14(17(26)23(13)21-12)15(24)20-11-6-7-11/h9,11,26H,5-8,10H2,1-4H3,(H,19,21)(H,20,24). The maximum Gasteiger partial charge on any atom is 0.270 e. The normalized spacial score (nSPS) is 14.6. The van der Waals surface area contributed by atoms with Crippen LogP contribution >= 0.6 is 0 Å².